The van der Waals surface area contributed by atoms with E-state index in [2.05, 4.69) is 16.5 Å². The van der Waals surface area contributed by atoms with Crippen LogP contribution in [-0.2, 0) is 27.5 Å². The van der Waals surface area contributed by atoms with Gasteiger partial charge in [0, 0.05) is 24.6 Å². The van der Waals surface area contributed by atoms with Crippen molar-refractivity contribution in [1.29, 1.82) is 0 Å². The van der Waals surface area contributed by atoms with E-state index in [4.69, 9.17) is 15.5 Å². The molecule has 8 heteroatoms. The summed E-state index contributed by atoms with van der Waals surface area (Å²) in [5.74, 6) is 1.42. The van der Waals surface area contributed by atoms with E-state index in [0.717, 1.165) is 47.0 Å². The number of imidazole rings is 1. The number of sulfone groups is 1. The molecule has 0 atom stereocenters. The predicted molar refractivity (Wildman–Crippen MR) is 109 cm³/mol. The second kappa shape index (κ2) is 8.22. The van der Waals surface area contributed by atoms with Crippen LogP contribution in [0.1, 0.15) is 25.6 Å². The van der Waals surface area contributed by atoms with Crippen molar-refractivity contribution in [2.45, 2.75) is 32.7 Å². The molecule has 0 aliphatic carbocycles. The summed E-state index contributed by atoms with van der Waals surface area (Å²) in [6.45, 7) is 3.34. The van der Waals surface area contributed by atoms with Crippen LogP contribution in [-0.4, -0.2) is 48.2 Å². The van der Waals surface area contributed by atoms with Crippen molar-refractivity contribution in [3.05, 3.63) is 30.1 Å². The number of pyridine rings is 1. The fourth-order valence-electron chi connectivity index (χ4n) is 3.14. The van der Waals surface area contributed by atoms with E-state index in [9.17, 15) is 8.42 Å². The summed E-state index contributed by atoms with van der Waals surface area (Å²) in [6.07, 6.45) is 4.17. The van der Waals surface area contributed by atoms with Crippen molar-refractivity contribution in [3.63, 3.8) is 0 Å². The minimum Gasteiger partial charge on any atom is -0.382 e. The lowest BCUT2D eigenvalue weighted by molar-refractivity contribution is 0.140. The van der Waals surface area contributed by atoms with E-state index in [1.165, 1.54) is 6.26 Å². The molecule has 2 heterocycles. The molecule has 0 saturated heterocycles. The van der Waals surface area contributed by atoms with Gasteiger partial charge in [0.25, 0.3) is 0 Å². The van der Waals surface area contributed by atoms with Crippen LogP contribution in [0, 0.1) is 0 Å². The second-order valence-corrected chi connectivity index (χ2v) is 9.00. The molecule has 2 N–H and O–H groups in total. The van der Waals surface area contributed by atoms with Crippen LogP contribution in [0.25, 0.3) is 21.9 Å². The Balaban J connectivity index is 1.94. The van der Waals surface area contributed by atoms with Crippen molar-refractivity contribution in [1.82, 2.24) is 14.5 Å². The maximum Gasteiger partial charge on any atom is 0.152 e. The number of nitrogen functional groups attached to an aromatic ring is 1. The maximum absolute atomic E-state index is 11.2. The lowest BCUT2D eigenvalue weighted by Gasteiger charge is -2.11. The average Bonchev–Trinajstić information content (AvgIpc) is 2.98. The zero-order valence-corrected chi connectivity index (χ0v) is 16.6. The largest absolute Gasteiger partial charge is 0.382 e. The van der Waals surface area contributed by atoms with Crippen molar-refractivity contribution in [3.8, 4) is 0 Å². The number of benzene rings is 1. The quantitative estimate of drug-likeness (QED) is 0.564. The summed E-state index contributed by atoms with van der Waals surface area (Å²) in [5, 5.41) is 1.01. The number of para-hydroxylation sites is 1. The molecule has 0 saturated carbocycles. The van der Waals surface area contributed by atoms with Gasteiger partial charge in [0.1, 0.15) is 21.2 Å². The van der Waals surface area contributed by atoms with Gasteiger partial charge in [-0.05, 0) is 12.5 Å². The van der Waals surface area contributed by atoms with Crippen molar-refractivity contribution in [2.24, 2.45) is 0 Å². The SMILES string of the molecule is CCCCc1nc2c(N)nc3ccccc3c2n1CCOCCS(C)(=O)=O. The highest BCUT2D eigenvalue weighted by Crippen LogP contribution is 2.29. The maximum atomic E-state index is 11.2. The van der Waals surface area contributed by atoms with E-state index in [1.807, 2.05) is 24.3 Å². The summed E-state index contributed by atoms with van der Waals surface area (Å²) in [6, 6.07) is 7.88. The highest BCUT2D eigenvalue weighted by atomic mass is 32.2. The molecule has 0 aliphatic rings. The average molecular weight is 391 g/mol. The summed E-state index contributed by atoms with van der Waals surface area (Å²) in [4.78, 5) is 9.24. The van der Waals surface area contributed by atoms with Crippen LogP contribution in [0.15, 0.2) is 24.3 Å². The molecule has 3 aromatic rings. The standard InChI is InChI=1S/C19H26N4O3S/c1-3-4-9-16-22-17-18(14-7-5-6-8-15(14)21-19(17)20)23(16)10-11-26-12-13-27(2,24)25/h5-8H,3-4,9-13H2,1-2H3,(H2,20,21). The first-order valence-corrected chi connectivity index (χ1v) is 11.3. The Kier molecular flexibility index (Phi) is 5.96. The smallest absolute Gasteiger partial charge is 0.152 e. The van der Waals surface area contributed by atoms with E-state index in [1.54, 1.807) is 0 Å². The first-order chi connectivity index (χ1) is 12.9. The van der Waals surface area contributed by atoms with Gasteiger partial charge in [-0.3, -0.25) is 0 Å². The Labute approximate surface area is 159 Å². The van der Waals surface area contributed by atoms with Gasteiger partial charge < -0.3 is 15.0 Å². The van der Waals surface area contributed by atoms with Crippen LogP contribution < -0.4 is 5.73 Å². The number of unbranched alkanes of at least 4 members (excludes halogenated alkanes) is 1. The number of anilines is 1. The number of ether oxygens (including phenoxy) is 1. The van der Waals surface area contributed by atoms with Gasteiger partial charge >= 0.3 is 0 Å². The van der Waals surface area contributed by atoms with Crippen molar-refractivity contribution < 1.29 is 13.2 Å². The number of rotatable bonds is 9. The van der Waals surface area contributed by atoms with Gasteiger partial charge in [-0.25, -0.2) is 18.4 Å². The van der Waals surface area contributed by atoms with Crippen LogP contribution >= 0.6 is 0 Å². The molecule has 0 amide bonds. The molecule has 0 bridgehead atoms. The van der Waals surface area contributed by atoms with Crippen LogP contribution in [0.4, 0.5) is 5.82 Å². The molecule has 0 spiro atoms. The zero-order chi connectivity index (χ0) is 19.4. The zero-order valence-electron chi connectivity index (χ0n) is 15.8. The topological polar surface area (TPSA) is 100 Å². The molecule has 2 aromatic heterocycles. The first-order valence-electron chi connectivity index (χ1n) is 9.19. The molecular formula is C19H26N4O3S. The van der Waals surface area contributed by atoms with E-state index in [-0.39, 0.29) is 12.4 Å². The molecule has 7 nitrogen and oxygen atoms in total. The van der Waals surface area contributed by atoms with E-state index >= 15 is 0 Å². The second-order valence-electron chi connectivity index (χ2n) is 6.74. The fraction of sp³-hybridized carbons (Fsp3) is 0.474. The molecule has 1 aromatic carbocycles. The monoisotopic (exact) mass is 390 g/mol. The third-order valence-corrected chi connectivity index (χ3v) is 5.41. The highest BCUT2D eigenvalue weighted by Gasteiger charge is 2.17. The van der Waals surface area contributed by atoms with E-state index < -0.39 is 9.84 Å². The first kappa shape index (κ1) is 19.6. The normalized spacial score (nSPS) is 12.2. The highest BCUT2D eigenvalue weighted by molar-refractivity contribution is 7.90. The van der Waals surface area contributed by atoms with Crippen LogP contribution in [0.5, 0.6) is 0 Å². The van der Waals surface area contributed by atoms with Crippen molar-refractivity contribution in [2.75, 3.05) is 31.0 Å². The van der Waals surface area contributed by atoms with Gasteiger partial charge in [0.15, 0.2) is 5.82 Å². The summed E-state index contributed by atoms with van der Waals surface area (Å²) in [5.41, 5.74) is 8.70. The Morgan fingerprint density at radius 3 is 2.70 bits per heavy atom. The number of nitrogens with two attached hydrogens (primary N) is 1. The lowest BCUT2D eigenvalue weighted by atomic mass is 10.2. The summed E-state index contributed by atoms with van der Waals surface area (Å²) in [7, 11) is -3.02. The summed E-state index contributed by atoms with van der Waals surface area (Å²) >= 11 is 0. The van der Waals surface area contributed by atoms with Crippen molar-refractivity contribution >= 4 is 37.6 Å². The Bertz CT molecular complexity index is 1040. The molecule has 3 rings (SSSR count). The van der Waals surface area contributed by atoms with Crippen LogP contribution in [0.3, 0.4) is 0 Å². The third kappa shape index (κ3) is 4.56. The number of hydrogen-bond acceptors (Lipinski definition) is 6. The number of aryl methyl sites for hydroxylation is 1. The predicted octanol–water partition coefficient (Wildman–Crippen LogP) is 2.57. The number of hydrogen-bond donors (Lipinski definition) is 1. The fourth-order valence-corrected chi connectivity index (χ4v) is 3.56. The number of aromatic nitrogens is 3. The minimum atomic E-state index is -3.02. The van der Waals surface area contributed by atoms with Gasteiger partial charge in [0.05, 0.1) is 30.0 Å². The number of fused-ring (bicyclic) bond motifs is 3. The Morgan fingerprint density at radius 1 is 1.19 bits per heavy atom. The van der Waals surface area contributed by atoms with Gasteiger partial charge in [0.2, 0.25) is 0 Å². The van der Waals surface area contributed by atoms with Gasteiger partial charge in [-0.2, -0.15) is 0 Å². The number of nitrogens with zero attached hydrogens (tertiary/aromatic N) is 3. The molecule has 27 heavy (non-hydrogen) atoms. The lowest BCUT2D eigenvalue weighted by Crippen LogP contribution is -2.14. The Hall–Kier alpha value is -2.19. The molecule has 0 radical (unpaired) electrons. The molecule has 0 unspecified atom stereocenters. The molecule has 0 fully saturated rings. The molecule has 0 aliphatic heterocycles. The van der Waals surface area contributed by atoms with Gasteiger partial charge in [-0.15, -0.1) is 0 Å². The minimum absolute atomic E-state index is 0.0279. The van der Waals surface area contributed by atoms with Crippen LogP contribution in [0.2, 0.25) is 0 Å². The molecular weight excluding hydrogens is 364 g/mol. The Morgan fingerprint density at radius 2 is 1.96 bits per heavy atom. The summed E-state index contributed by atoms with van der Waals surface area (Å²) < 4.78 is 30.2. The third-order valence-electron chi connectivity index (χ3n) is 4.50. The molecule has 146 valence electrons. The van der Waals surface area contributed by atoms with E-state index in [0.29, 0.717) is 19.0 Å². The van der Waals surface area contributed by atoms with Gasteiger partial charge in [-0.1, -0.05) is 31.5 Å².